The minimum atomic E-state index is 0.236. The molecule has 0 amide bonds. The molecule has 2 N–H and O–H groups in total. The van der Waals surface area contributed by atoms with Crippen LogP contribution in [0.15, 0.2) is 85.1 Å². The van der Waals surface area contributed by atoms with Crippen LogP contribution in [0.4, 0.5) is 0 Å². The van der Waals surface area contributed by atoms with Crippen molar-refractivity contribution in [1.82, 2.24) is 5.32 Å². The van der Waals surface area contributed by atoms with Gasteiger partial charge in [0.2, 0.25) is 0 Å². The summed E-state index contributed by atoms with van der Waals surface area (Å²) in [6, 6.07) is 0. The van der Waals surface area contributed by atoms with E-state index in [-0.39, 0.29) is 5.78 Å². The number of nitrogens with one attached hydrogen (secondary N) is 1. The topological polar surface area (TPSA) is 49.3 Å². The Labute approximate surface area is 185 Å². The molecule has 0 radical (unpaired) electrons. The summed E-state index contributed by atoms with van der Waals surface area (Å²) in [7, 11) is 1.00. The molecule has 0 saturated carbocycles. The van der Waals surface area contributed by atoms with Gasteiger partial charge in [0.15, 0.2) is 0 Å². The highest BCUT2D eigenvalue weighted by atomic mass is 16.2. The molecule has 1 heterocycles. The monoisotopic (exact) mass is 413 g/mol. The molecule has 168 valence electrons. The Morgan fingerprint density at radius 3 is 1.73 bits per heavy atom. The summed E-state index contributed by atoms with van der Waals surface area (Å²) in [6.45, 7) is 13.4. The van der Waals surface area contributed by atoms with Gasteiger partial charge in [0, 0.05) is 13.5 Å². The van der Waals surface area contributed by atoms with Crippen LogP contribution < -0.4 is 5.32 Å². The fourth-order valence-electron chi connectivity index (χ4n) is 2.44. The first-order valence-corrected chi connectivity index (χ1v) is 10.8. The molecule has 1 aliphatic heterocycles. The first-order chi connectivity index (χ1) is 14.6. The van der Waals surface area contributed by atoms with Gasteiger partial charge in [-0.1, -0.05) is 66.3 Å². The van der Waals surface area contributed by atoms with E-state index in [2.05, 4.69) is 74.0 Å². The molecule has 0 aromatic carbocycles. The molecule has 0 unspecified atom stereocenters. The van der Waals surface area contributed by atoms with E-state index in [1.54, 1.807) is 13.0 Å². The molecular weight excluding hydrogens is 370 g/mol. The van der Waals surface area contributed by atoms with Crippen LogP contribution in [0.1, 0.15) is 58.8 Å². The molecule has 30 heavy (non-hydrogen) atoms. The predicted molar refractivity (Wildman–Crippen MR) is 134 cm³/mol. The van der Waals surface area contributed by atoms with Crippen LogP contribution in [0.25, 0.3) is 0 Å². The largest absolute Gasteiger partial charge is 0.400 e. The van der Waals surface area contributed by atoms with E-state index in [4.69, 9.17) is 5.11 Å². The zero-order chi connectivity index (χ0) is 22.9. The number of allylic oxidation sites excluding steroid dienone is 12. The van der Waals surface area contributed by atoms with E-state index >= 15 is 0 Å². The fraction of sp³-hybridized carbons (Fsp3) is 0.444. The molecule has 3 heteroatoms. The molecule has 0 spiro atoms. The number of hydrogen-bond acceptors (Lipinski definition) is 3. The van der Waals surface area contributed by atoms with Gasteiger partial charge in [-0.25, -0.2) is 0 Å². The van der Waals surface area contributed by atoms with Gasteiger partial charge in [0.1, 0.15) is 5.78 Å². The predicted octanol–water partition coefficient (Wildman–Crippen LogP) is 6.42. The normalized spacial score (nSPS) is 14.2. The number of carbonyl (C=O) groups is 1. The van der Waals surface area contributed by atoms with Crippen molar-refractivity contribution in [3.05, 3.63) is 85.1 Å². The van der Waals surface area contributed by atoms with Crippen molar-refractivity contribution in [3.8, 4) is 0 Å². The van der Waals surface area contributed by atoms with Crippen molar-refractivity contribution in [2.45, 2.75) is 58.8 Å². The van der Waals surface area contributed by atoms with Crippen molar-refractivity contribution in [2.24, 2.45) is 0 Å². The van der Waals surface area contributed by atoms with E-state index in [9.17, 15) is 4.79 Å². The minimum Gasteiger partial charge on any atom is -0.400 e. The Morgan fingerprint density at radius 1 is 0.933 bits per heavy atom. The summed E-state index contributed by atoms with van der Waals surface area (Å²) in [6.07, 6.45) is 28.1. The quantitative estimate of drug-likeness (QED) is 0.494. The van der Waals surface area contributed by atoms with E-state index in [0.717, 1.165) is 32.8 Å². The van der Waals surface area contributed by atoms with Crippen molar-refractivity contribution in [1.29, 1.82) is 0 Å². The molecule has 0 bridgehead atoms. The van der Waals surface area contributed by atoms with Crippen LogP contribution in [0.5, 0.6) is 0 Å². The zero-order valence-electron chi connectivity index (χ0n) is 19.4. The number of carbonyl (C=O) groups excluding carboxylic acids is 1. The van der Waals surface area contributed by atoms with Crippen molar-refractivity contribution >= 4 is 5.78 Å². The van der Waals surface area contributed by atoms with Gasteiger partial charge in [-0.3, -0.25) is 0 Å². The summed E-state index contributed by atoms with van der Waals surface area (Å²) in [5.41, 5.74) is 2.82. The highest BCUT2D eigenvalue weighted by molar-refractivity contribution is 5.75. The first-order valence-electron chi connectivity index (χ1n) is 10.8. The molecule has 0 aromatic rings. The number of Topliss-reactive ketones (excluding diaryl/α,β-unsaturated/α-hetero) is 1. The van der Waals surface area contributed by atoms with Gasteiger partial charge in [0.05, 0.1) is 0 Å². The molecular formula is C27H43NO2. The van der Waals surface area contributed by atoms with E-state index in [1.165, 1.54) is 37.1 Å². The summed E-state index contributed by atoms with van der Waals surface area (Å²) >= 11 is 0. The number of aliphatic hydroxyl groups excluding tert-OH is 1. The Kier molecular flexibility index (Phi) is 24.8. The van der Waals surface area contributed by atoms with E-state index in [0.29, 0.717) is 6.42 Å². The van der Waals surface area contributed by atoms with E-state index in [1.807, 2.05) is 6.08 Å². The minimum absolute atomic E-state index is 0.236. The lowest BCUT2D eigenvalue weighted by Crippen LogP contribution is -2.03. The Morgan fingerprint density at radius 2 is 1.43 bits per heavy atom. The lowest BCUT2D eigenvalue weighted by Gasteiger charge is -1.99. The summed E-state index contributed by atoms with van der Waals surface area (Å²) in [5, 5.41) is 10.2. The number of ketones is 1. The lowest BCUT2D eigenvalue weighted by molar-refractivity contribution is -0.116. The third-order valence-electron chi connectivity index (χ3n) is 4.19. The molecule has 3 nitrogen and oxygen atoms in total. The van der Waals surface area contributed by atoms with Gasteiger partial charge in [-0.2, -0.15) is 0 Å². The van der Waals surface area contributed by atoms with Gasteiger partial charge in [-0.05, 0) is 71.0 Å². The highest BCUT2D eigenvalue weighted by Crippen LogP contribution is 2.16. The third-order valence-corrected chi connectivity index (χ3v) is 4.19. The fourth-order valence-corrected chi connectivity index (χ4v) is 2.44. The Hall–Kier alpha value is -2.23. The Bertz CT molecular complexity index is 556. The second kappa shape index (κ2) is 24.8. The number of hydrogen-bond donors (Lipinski definition) is 2. The highest BCUT2D eigenvalue weighted by Gasteiger charge is 1.97. The summed E-state index contributed by atoms with van der Waals surface area (Å²) in [4.78, 5) is 10.2. The molecule has 0 atom stereocenters. The maximum absolute atomic E-state index is 10.2. The maximum Gasteiger partial charge on any atom is 0.130 e. The van der Waals surface area contributed by atoms with Gasteiger partial charge in [0.25, 0.3) is 0 Å². The smallest absolute Gasteiger partial charge is 0.130 e. The third kappa shape index (κ3) is 22.1. The SMILES string of the molecule is C1=CCC=C1.C1CCNC1.C=CCCC(C)=C1C=CC=C1.C=CCCC(C)=O.CO. The van der Waals surface area contributed by atoms with Crippen molar-refractivity contribution < 1.29 is 9.90 Å². The van der Waals surface area contributed by atoms with E-state index < -0.39 is 0 Å². The summed E-state index contributed by atoms with van der Waals surface area (Å²) < 4.78 is 0. The van der Waals surface area contributed by atoms with Crippen LogP contribution in [0, 0.1) is 0 Å². The van der Waals surface area contributed by atoms with Crippen LogP contribution in [0.2, 0.25) is 0 Å². The number of aliphatic hydroxyl groups is 1. The van der Waals surface area contributed by atoms with Gasteiger partial charge in [-0.15, -0.1) is 13.2 Å². The van der Waals surface area contributed by atoms with Gasteiger partial charge < -0.3 is 15.2 Å². The Balaban J connectivity index is 0. The van der Waals surface area contributed by atoms with Crippen LogP contribution in [0.3, 0.4) is 0 Å². The maximum atomic E-state index is 10.2. The zero-order valence-corrected chi connectivity index (χ0v) is 19.4. The van der Waals surface area contributed by atoms with Crippen LogP contribution >= 0.6 is 0 Å². The van der Waals surface area contributed by atoms with Crippen LogP contribution in [-0.4, -0.2) is 31.1 Å². The van der Waals surface area contributed by atoms with Crippen molar-refractivity contribution in [2.75, 3.05) is 20.2 Å². The second-order valence-electron chi connectivity index (χ2n) is 6.86. The van der Waals surface area contributed by atoms with Crippen molar-refractivity contribution in [3.63, 3.8) is 0 Å². The van der Waals surface area contributed by atoms with Gasteiger partial charge >= 0.3 is 0 Å². The first kappa shape index (κ1) is 30.0. The average molecular weight is 414 g/mol. The lowest BCUT2D eigenvalue weighted by atomic mass is 10.1. The second-order valence-corrected chi connectivity index (χ2v) is 6.86. The molecule has 1 saturated heterocycles. The number of rotatable bonds is 6. The average Bonchev–Trinajstić information content (AvgIpc) is 3.58. The molecule has 1 fully saturated rings. The summed E-state index contributed by atoms with van der Waals surface area (Å²) in [5.74, 6) is 0.236. The molecule has 2 aliphatic carbocycles. The molecule has 3 aliphatic rings. The van der Waals surface area contributed by atoms with Crippen LogP contribution in [-0.2, 0) is 4.79 Å². The standard InChI is InChI=1S/C11H14.C6H10O.C5H6.C4H9N.CH4O/c1-3-4-7-10(2)11-8-5-6-9-11;1-3-4-5-6(2)7;2*1-2-4-5-3-1;1-2/h3,5-6,8-9H,1,4,7H2,2H3;3H,1,4-5H2,2H3;1-4H,5H2;5H,1-4H2;2H,1H3. The molecule has 3 rings (SSSR count). The molecule has 0 aromatic heterocycles.